The van der Waals surface area contributed by atoms with Crippen LogP contribution in [0.5, 0.6) is 0 Å². The third-order valence-corrected chi connectivity index (χ3v) is 1.40. The van der Waals surface area contributed by atoms with Gasteiger partial charge in [-0.25, -0.2) is 0 Å². The van der Waals surface area contributed by atoms with Gasteiger partial charge >= 0.3 is 0 Å². The Balaban J connectivity index is 3.44. The summed E-state index contributed by atoms with van der Waals surface area (Å²) in [6.45, 7) is 12.1. The van der Waals surface area contributed by atoms with E-state index in [4.69, 9.17) is 9.47 Å². The summed E-state index contributed by atoms with van der Waals surface area (Å²) >= 11 is 0. The van der Waals surface area contributed by atoms with Crippen molar-refractivity contribution < 1.29 is 9.47 Å². The molecule has 74 valence electrons. The Morgan fingerprint density at radius 3 is 1.69 bits per heavy atom. The van der Waals surface area contributed by atoms with Crippen LogP contribution in [0.25, 0.3) is 0 Å². The van der Waals surface area contributed by atoms with Gasteiger partial charge < -0.3 is 9.47 Å². The molecule has 0 saturated carbocycles. The van der Waals surface area contributed by atoms with Crippen molar-refractivity contribution in [3.8, 4) is 0 Å². The van der Waals surface area contributed by atoms with Crippen molar-refractivity contribution in [2.75, 3.05) is 13.2 Å². The molecule has 0 atom stereocenters. The summed E-state index contributed by atoms with van der Waals surface area (Å²) < 4.78 is 10.7. The predicted molar refractivity (Wildman–Crippen MR) is 55.5 cm³/mol. The average Bonchev–Trinajstić information content (AvgIpc) is 2.16. The van der Waals surface area contributed by atoms with Gasteiger partial charge in [-0.2, -0.15) is 0 Å². The van der Waals surface area contributed by atoms with Crippen LogP contribution < -0.4 is 0 Å². The molecule has 0 bridgehead atoms. The molecule has 0 aromatic carbocycles. The fourth-order valence-corrected chi connectivity index (χ4v) is 0.719. The van der Waals surface area contributed by atoms with Gasteiger partial charge in [-0.1, -0.05) is 18.7 Å². The van der Waals surface area contributed by atoms with Crippen LogP contribution in [-0.2, 0) is 9.47 Å². The number of ether oxygens (including phenoxy) is 2. The summed E-state index contributed by atoms with van der Waals surface area (Å²) in [4.78, 5) is 0. The minimum Gasteiger partial charge on any atom is -0.349 e. The summed E-state index contributed by atoms with van der Waals surface area (Å²) in [5.74, 6) is 0. The Hall–Kier alpha value is -0.860. The number of hydrogen-bond donors (Lipinski definition) is 0. The second-order valence-electron chi connectivity index (χ2n) is 2.50. The van der Waals surface area contributed by atoms with Gasteiger partial charge in [0.1, 0.15) is 0 Å². The van der Waals surface area contributed by atoms with E-state index in [9.17, 15) is 0 Å². The van der Waals surface area contributed by atoms with Gasteiger partial charge in [0.15, 0.2) is 6.29 Å². The van der Waals surface area contributed by atoms with Crippen molar-refractivity contribution in [2.24, 2.45) is 0 Å². The van der Waals surface area contributed by atoms with Crippen LogP contribution >= 0.6 is 0 Å². The van der Waals surface area contributed by atoms with Crippen molar-refractivity contribution >= 4 is 0 Å². The molecule has 0 aromatic heterocycles. The van der Waals surface area contributed by atoms with Crippen molar-refractivity contribution in [1.82, 2.24) is 0 Å². The Bertz CT molecular complexity index is 138. The van der Waals surface area contributed by atoms with E-state index in [1.165, 1.54) is 0 Å². The molecule has 0 heterocycles. The number of hydrogen-bond acceptors (Lipinski definition) is 2. The lowest BCUT2D eigenvalue weighted by Crippen LogP contribution is -2.15. The maximum Gasteiger partial charge on any atom is 0.176 e. The summed E-state index contributed by atoms with van der Waals surface area (Å²) in [6.07, 6.45) is 6.62. The van der Waals surface area contributed by atoms with Crippen LogP contribution in [0.4, 0.5) is 0 Å². The number of rotatable bonds is 9. The van der Waals surface area contributed by atoms with Crippen LogP contribution in [-0.4, -0.2) is 19.5 Å². The molecule has 0 spiro atoms. The second-order valence-corrected chi connectivity index (χ2v) is 2.50. The SMILES string of the molecule is C=CCCOC(C=C)OCCC=C. The van der Waals surface area contributed by atoms with Crippen LogP contribution in [0, 0.1) is 0 Å². The molecule has 0 radical (unpaired) electrons. The van der Waals surface area contributed by atoms with E-state index in [2.05, 4.69) is 19.7 Å². The zero-order valence-corrected chi connectivity index (χ0v) is 8.08. The molecular formula is C11H18O2. The van der Waals surface area contributed by atoms with E-state index in [-0.39, 0.29) is 6.29 Å². The lowest BCUT2D eigenvalue weighted by molar-refractivity contribution is -0.108. The normalized spacial score (nSPS) is 9.92. The highest BCUT2D eigenvalue weighted by molar-refractivity contribution is 4.74. The van der Waals surface area contributed by atoms with Crippen molar-refractivity contribution in [3.05, 3.63) is 38.0 Å². The first-order valence-corrected chi connectivity index (χ1v) is 4.42. The maximum atomic E-state index is 5.33. The van der Waals surface area contributed by atoms with Gasteiger partial charge in [0, 0.05) is 0 Å². The first-order valence-electron chi connectivity index (χ1n) is 4.42. The predicted octanol–water partition coefficient (Wildman–Crippen LogP) is 2.68. The van der Waals surface area contributed by atoms with Gasteiger partial charge in [0.25, 0.3) is 0 Å². The fraction of sp³-hybridized carbons (Fsp3) is 0.455. The topological polar surface area (TPSA) is 18.5 Å². The molecule has 0 N–H and O–H groups in total. The molecular weight excluding hydrogens is 164 g/mol. The first-order chi connectivity index (χ1) is 6.35. The van der Waals surface area contributed by atoms with E-state index < -0.39 is 0 Å². The molecule has 0 saturated heterocycles. The fourth-order valence-electron chi connectivity index (χ4n) is 0.719. The Labute approximate surface area is 80.5 Å². The van der Waals surface area contributed by atoms with Crippen LogP contribution in [0.3, 0.4) is 0 Å². The monoisotopic (exact) mass is 182 g/mol. The van der Waals surface area contributed by atoms with Gasteiger partial charge in [-0.15, -0.1) is 13.2 Å². The van der Waals surface area contributed by atoms with Gasteiger partial charge in [-0.05, 0) is 18.9 Å². The minimum atomic E-state index is -0.306. The zero-order valence-electron chi connectivity index (χ0n) is 8.08. The van der Waals surface area contributed by atoms with Crippen molar-refractivity contribution in [1.29, 1.82) is 0 Å². The van der Waals surface area contributed by atoms with E-state index in [0.29, 0.717) is 13.2 Å². The van der Waals surface area contributed by atoms with E-state index in [1.54, 1.807) is 6.08 Å². The van der Waals surface area contributed by atoms with Crippen LogP contribution in [0.15, 0.2) is 38.0 Å². The molecule has 0 fully saturated rings. The molecule has 13 heavy (non-hydrogen) atoms. The highest BCUT2D eigenvalue weighted by atomic mass is 16.7. The molecule has 2 heteroatoms. The van der Waals surface area contributed by atoms with E-state index in [0.717, 1.165) is 12.8 Å². The minimum absolute atomic E-state index is 0.306. The Kier molecular flexibility index (Phi) is 8.62. The zero-order chi connectivity index (χ0) is 9.94. The van der Waals surface area contributed by atoms with Crippen molar-refractivity contribution in [2.45, 2.75) is 19.1 Å². The highest BCUT2D eigenvalue weighted by Gasteiger charge is 2.01. The largest absolute Gasteiger partial charge is 0.349 e. The highest BCUT2D eigenvalue weighted by Crippen LogP contribution is 1.99. The van der Waals surface area contributed by atoms with Crippen LogP contribution in [0.1, 0.15) is 12.8 Å². The third-order valence-electron chi connectivity index (χ3n) is 1.40. The lowest BCUT2D eigenvalue weighted by Gasteiger charge is -2.13. The van der Waals surface area contributed by atoms with E-state index >= 15 is 0 Å². The van der Waals surface area contributed by atoms with Gasteiger partial charge in [0.2, 0.25) is 0 Å². The second kappa shape index (κ2) is 9.23. The smallest absolute Gasteiger partial charge is 0.176 e. The van der Waals surface area contributed by atoms with Crippen molar-refractivity contribution in [3.63, 3.8) is 0 Å². The lowest BCUT2D eigenvalue weighted by atomic mass is 10.4. The summed E-state index contributed by atoms with van der Waals surface area (Å²) in [6, 6.07) is 0. The summed E-state index contributed by atoms with van der Waals surface area (Å²) in [5.41, 5.74) is 0. The molecule has 2 nitrogen and oxygen atoms in total. The van der Waals surface area contributed by atoms with E-state index in [1.807, 2.05) is 12.2 Å². The quantitative estimate of drug-likeness (QED) is 0.310. The Morgan fingerprint density at radius 2 is 1.38 bits per heavy atom. The molecule has 0 aromatic rings. The summed E-state index contributed by atoms with van der Waals surface area (Å²) in [7, 11) is 0. The summed E-state index contributed by atoms with van der Waals surface area (Å²) in [5, 5.41) is 0. The first kappa shape index (κ1) is 12.1. The molecule has 0 unspecified atom stereocenters. The Morgan fingerprint density at radius 1 is 0.923 bits per heavy atom. The maximum absolute atomic E-state index is 5.33. The molecule has 0 aliphatic carbocycles. The molecule has 0 aliphatic rings. The molecule has 0 rings (SSSR count). The third kappa shape index (κ3) is 7.50. The molecule has 0 aliphatic heterocycles. The van der Waals surface area contributed by atoms with Crippen LogP contribution in [0.2, 0.25) is 0 Å². The molecule has 0 amide bonds. The standard InChI is InChI=1S/C11H18O2/c1-4-7-9-12-11(6-3)13-10-8-5-2/h4-6,11H,1-3,7-10H2. The van der Waals surface area contributed by atoms with Gasteiger partial charge in [0.05, 0.1) is 13.2 Å². The average molecular weight is 182 g/mol. The van der Waals surface area contributed by atoms with Gasteiger partial charge in [-0.3, -0.25) is 0 Å².